The summed E-state index contributed by atoms with van der Waals surface area (Å²) < 4.78 is 0.733. The van der Waals surface area contributed by atoms with E-state index in [-0.39, 0.29) is 0 Å². The maximum absolute atomic E-state index is 5.84. The minimum absolute atomic E-state index is 0.441. The molecule has 0 saturated heterocycles. The Hall–Kier alpha value is -0.0000000000000000555. The van der Waals surface area contributed by atoms with Crippen LogP contribution < -0.4 is 5.32 Å². The van der Waals surface area contributed by atoms with Gasteiger partial charge in [0.2, 0.25) is 0 Å². The van der Waals surface area contributed by atoms with Crippen LogP contribution in [-0.4, -0.2) is 28.5 Å². The van der Waals surface area contributed by atoms with Gasteiger partial charge in [0.05, 0.1) is 4.47 Å². The van der Waals surface area contributed by atoms with Crippen LogP contribution in [0.2, 0.25) is 5.15 Å². The molecule has 0 spiro atoms. The Labute approximate surface area is 108 Å². The summed E-state index contributed by atoms with van der Waals surface area (Å²) in [5.41, 5.74) is 0. The highest BCUT2D eigenvalue weighted by Gasteiger charge is 2.04. The van der Waals surface area contributed by atoms with Crippen LogP contribution in [0, 0.1) is 0 Å². The van der Waals surface area contributed by atoms with Gasteiger partial charge >= 0.3 is 0 Å². The van der Waals surface area contributed by atoms with Gasteiger partial charge in [0.25, 0.3) is 0 Å². The molecule has 0 unspecified atom stereocenters. The largest absolute Gasteiger partial charge is 0.369 e. The predicted molar refractivity (Wildman–Crippen MR) is 70.8 cm³/mol. The Morgan fingerprint density at radius 1 is 1.47 bits per heavy atom. The zero-order valence-electron chi connectivity index (χ0n) is 8.46. The molecule has 0 radical (unpaired) electrons. The summed E-state index contributed by atoms with van der Waals surface area (Å²) in [7, 11) is 0. The molecular formula is C9H13BrClN3S. The molecule has 6 heteroatoms. The van der Waals surface area contributed by atoms with Crippen molar-refractivity contribution >= 4 is 45.1 Å². The summed E-state index contributed by atoms with van der Waals surface area (Å²) >= 11 is 11.0. The number of hydrogen-bond donors (Lipinski definition) is 1. The molecule has 0 fully saturated rings. The van der Waals surface area contributed by atoms with Crippen LogP contribution in [0.3, 0.4) is 0 Å². The molecule has 0 aliphatic heterocycles. The van der Waals surface area contributed by atoms with E-state index in [0.717, 1.165) is 23.3 Å². The van der Waals surface area contributed by atoms with Gasteiger partial charge in [0.15, 0.2) is 0 Å². The van der Waals surface area contributed by atoms with Gasteiger partial charge in [0, 0.05) is 6.54 Å². The van der Waals surface area contributed by atoms with E-state index in [4.69, 9.17) is 11.6 Å². The van der Waals surface area contributed by atoms with E-state index in [1.807, 2.05) is 11.8 Å². The summed E-state index contributed by atoms with van der Waals surface area (Å²) in [4.78, 5) is 7.96. The number of rotatable bonds is 6. The van der Waals surface area contributed by atoms with Crippen LogP contribution in [-0.2, 0) is 0 Å². The molecule has 1 aromatic heterocycles. The normalized spacial score (nSPS) is 10.3. The van der Waals surface area contributed by atoms with Crippen molar-refractivity contribution in [2.45, 2.75) is 12.8 Å². The van der Waals surface area contributed by atoms with Crippen molar-refractivity contribution in [1.82, 2.24) is 9.97 Å². The molecular weight excluding hydrogens is 298 g/mol. The zero-order chi connectivity index (χ0) is 11.1. The standard InChI is InChI=1S/C9H13BrClN3S/c1-15-5-3-2-4-12-9-7(10)8(11)13-6-14-9/h6H,2-5H2,1H3,(H,12,13,14). The molecule has 1 N–H and O–H groups in total. The van der Waals surface area contributed by atoms with E-state index in [9.17, 15) is 0 Å². The first-order chi connectivity index (χ1) is 7.25. The number of hydrogen-bond acceptors (Lipinski definition) is 4. The van der Waals surface area contributed by atoms with Crippen LogP contribution in [0.4, 0.5) is 5.82 Å². The minimum Gasteiger partial charge on any atom is -0.369 e. The lowest BCUT2D eigenvalue weighted by molar-refractivity contribution is 0.838. The number of nitrogens with one attached hydrogen (secondary N) is 1. The average molecular weight is 311 g/mol. The molecule has 0 amide bonds. The summed E-state index contributed by atoms with van der Waals surface area (Å²) in [6.45, 7) is 0.909. The lowest BCUT2D eigenvalue weighted by atomic mass is 10.3. The number of aromatic nitrogens is 2. The SMILES string of the molecule is CSCCCCNc1ncnc(Cl)c1Br. The number of thioether (sulfide) groups is 1. The maximum Gasteiger partial charge on any atom is 0.148 e. The van der Waals surface area contributed by atoms with Crippen molar-refractivity contribution in [1.29, 1.82) is 0 Å². The number of nitrogens with zero attached hydrogens (tertiary/aromatic N) is 2. The first kappa shape index (κ1) is 13.1. The highest BCUT2D eigenvalue weighted by atomic mass is 79.9. The summed E-state index contributed by atoms with van der Waals surface area (Å²) in [6, 6.07) is 0. The van der Waals surface area contributed by atoms with E-state index >= 15 is 0 Å². The topological polar surface area (TPSA) is 37.8 Å². The second-order valence-electron chi connectivity index (χ2n) is 2.95. The second kappa shape index (κ2) is 7.30. The van der Waals surface area contributed by atoms with Crippen LogP contribution in [0.15, 0.2) is 10.8 Å². The van der Waals surface area contributed by atoms with Gasteiger partial charge in [-0.05, 0) is 40.8 Å². The smallest absolute Gasteiger partial charge is 0.148 e. The minimum atomic E-state index is 0.441. The summed E-state index contributed by atoms with van der Waals surface area (Å²) in [6.07, 6.45) is 5.92. The van der Waals surface area contributed by atoms with Crippen molar-refractivity contribution in [3.8, 4) is 0 Å². The summed E-state index contributed by atoms with van der Waals surface area (Å²) in [5, 5.41) is 3.66. The third kappa shape index (κ3) is 4.57. The first-order valence-corrected chi connectivity index (χ1v) is 7.21. The van der Waals surface area contributed by atoms with Crippen molar-refractivity contribution in [2.24, 2.45) is 0 Å². The molecule has 0 atom stereocenters. The van der Waals surface area contributed by atoms with Gasteiger partial charge < -0.3 is 5.32 Å². The Bertz CT molecular complexity index is 311. The van der Waals surface area contributed by atoms with Crippen LogP contribution in [0.5, 0.6) is 0 Å². The third-order valence-electron chi connectivity index (χ3n) is 1.81. The third-order valence-corrected chi connectivity index (χ3v) is 3.78. The molecule has 1 aromatic rings. The maximum atomic E-state index is 5.84. The Kier molecular flexibility index (Phi) is 6.36. The lowest BCUT2D eigenvalue weighted by Gasteiger charge is -2.07. The number of anilines is 1. The van der Waals surface area contributed by atoms with Gasteiger partial charge in [-0.3, -0.25) is 0 Å². The molecule has 3 nitrogen and oxygen atoms in total. The van der Waals surface area contributed by atoms with Gasteiger partial charge in [-0.25, -0.2) is 9.97 Å². The monoisotopic (exact) mass is 309 g/mol. The molecule has 0 aliphatic rings. The van der Waals surface area contributed by atoms with Gasteiger partial charge in [-0.2, -0.15) is 11.8 Å². The predicted octanol–water partition coefficient (Wildman–Crippen LogP) is 3.45. The Morgan fingerprint density at radius 3 is 3.00 bits per heavy atom. The fourth-order valence-corrected chi connectivity index (χ4v) is 2.02. The molecule has 0 bridgehead atoms. The van der Waals surface area contributed by atoms with Crippen LogP contribution in [0.25, 0.3) is 0 Å². The molecule has 15 heavy (non-hydrogen) atoms. The van der Waals surface area contributed by atoms with Crippen molar-refractivity contribution in [2.75, 3.05) is 23.9 Å². The van der Waals surface area contributed by atoms with Crippen molar-refractivity contribution in [3.63, 3.8) is 0 Å². The Morgan fingerprint density at radius 2 is 2.27 bits per heavy atom. The van der Waals surface area contributed by atoms with Gasteiger partial charge in [-0.15, -0.1) is 0 Å². The number of unbranched alkanes of at least 4 members (excludes halogenated alkanes) is 1. The molecule has 1 heterocycles. The second-order valence-corrected chi connectivity index (χ2v) is 5.09. The fraction of sp³-hybridized carbons (Fsp3) is 0.556. The van der Waals surface area contributed by atoms with Gasteiger partial charge in [0.1, 0.15) is 17.3 Å². The average Bonchev–Trinajstić information content (AvgIpc) is 2.24. The molecule has 0 saturated carbocycles. The van der Waals surface area contributed by atoms with Crippen molar-refractivity contribution in [3.05, 3.63) is 16.0 Å². The quantitative estimate of drug-likeness (QED) is 0.645. The number of halogens is 2. The van der Waals surface area contributed by atoms with Crippen LogP contribution >= 0.6 is 39.3 Å². The van der Waals surface area contributed by atoms with E-state index in [2.05, 4.69) is 37.5 Å². The summed E-state index contributed by atoms with van der Waals surface area (Å²) in [5.74, 6) is 1.96. The fourth-order valence-electron chi connectivity index (χ4n) is 1.05. The highest BCUT2D eigenvalue weighted by molar-refractivity contribution is 9.10. The molecule has 84 valence electrons. The molecule has 1 rings (SSSR count). The van der Waals surface area contributed by atoms with E-state index < -0.39 is 0 Å². The molecule has 0 aromatic carbocycles. The Balaban J connectivity index is 2.34. The lowest BCUT2D eigenvalue weighted by Crippen LogP contribution is -2.04. The van der Waals surface area contributed by atoms with E-state index in [1.54, 1.807) is 0 Å². The molecule has 0 aliphatic carbocycles. The van der Waals surface area contributed by atoms with E-state index in [1.165, 1.54) is 18.5 Å². The first-order valence-electron chi connectivity index (χ1n) is 4.64. The van der Waals surface area contributed by atoms with Crippen molar-refractivity contribution < 1.29 is 0 Å². The zero-order valence-corrected chi connectivity index (χ0v) is 11.6. The van der Waals surface area contributed by atoms with E-state index in [0.29, 0.717) is 5.15 Å². The van der Waals surface area contributed by atoms with Crippen LogP contribution in [0.1, 0.15) is 12.8 Å². The highest BCUT2D eigenvalue weighted by Crippen LogP contribution is 2.25. The van der Waals surface area contributed by atoms with Gasteiger partial charge in [-0.1, -0.05) is 11.6 Å².